The highest BCUT2D eigenvalue weighted by Gasteiger charge is 2.22. The second-order valence-corrected chi connectivity index (χ2v) is 5.44. The summed E-state index contributed by atoms with van der Waals surface area (Å²) in [5, 5.41) is 4.09. The van der Waals surface area contributed by atoms with Gasteiger partial charge in [0.25, 0.3) is 0 Å². The van der Waals surface area contributed by atoms with Crippen LogP contribution in [0.15, 0.2) is 12.1 Å². The third kappa shape index (κ3) is 2.81. The molecule has 2 aliphatic rings. The van der Waals surface area contributed by atoms with Gasteiger partial charge < -0.3 is 19.5 Å². The lowest BCUT2D eigenvalue weighted by Gasteiger charge is -2.20. The van der Waals surface area contributed by atoms with E-state index in [0.717, 1.165) is 37.3 Å². The Bertz CT molecular complexity index is 460. The Labute approximate surface area is 118 Å². The molecular weight excluding hydrogens is 266 g/mol. The van der Waals surface area contributed by atoms with Crippen LogP contribution < -0.4 is 14.8 Å². The van der Waals surface area contributed by atoms with Gasteiger partial charge in [-0.05, 0) is 37.5 Å². The van der Waals surface area contributed by atoms with Gasteiger partial charge in [-0.1, -0.05) is 11.6 Å². The highest BCUT2D eigenvalue weighted by molar-refractivity contribution is 6.32. The number of hydrogen-bond acceptors (Lipinski definition) is 4. The van der Waals surface area contributed by atoms with Crippen molar-refractivity contribution in [2.24, 2.45) is 0 Å². The van der Waals surface area contributed by atoms with E-state index in [1.807, 2.05) is 12.1 Å². The number of hydrogen-bond donors (Lipinski definition) is 1. The quantitative estimate of drug-likeness (QED) is 0.922. The molecule has 2 heterocycles. The maximum absolute atomic E-state index is 6.16. The number of ether oxygens (including phenoxy) is 3. The SMILES string of the molecule is CC(NCc1cc(Cl)c2c(c1)OCO2)C1CCCO1. The van der Waals surface area contributed by atoms with Crippen molar-refractivity contribution in [3.8, 4) is 11.5 Å². The predicted molar refractivity (Wildman–Crippen MR) is 72.9 cm³/mol. The molecule has 0 aromatic heterocycles. The van der Waals surface area contributed by atoms with Crippen molar-refractivity contribution >= 4 is 11.6 Å². The minimum Gasteiger partial charge on any atom is -0.454 e. The molecule has 104 valence electrons. The molecule has 1 N–H and O–H groups in total. The molecule has 0 spiro atoms. The molecule has 2 aliphatic heterocycles. The summed E-state index contributed by atoms with van der Waals surface area (Å²) in [6.45, 7) is 4.03. The van der Waals surface area contributed by atoms with Crippen LogP contribution in [0.3, 0.4) is 0 Å². The molecule has 0 amide bonds. The van der Waals surface area contributed by atoms with Gasteiger partial charge in [0.2, 0.25) is 6.79 Å². The molecule has 1 aromatic rings. The fourth-order valence-electron chi connectivity index (χ4n) is 2.53. The largest absolute Gasteiger partial charge is 0.454 e. The minimum absolute atomic E-state index is 0.248. The summed E-state index contributed by atoms with van der Waals surface area (Å²) in [4.78, 5) is 0. The smallest absolute Gasteiger partial charge is 0.231 e. The normalized spacial score (nSPS) is 22.7. The van der Waals surface area contributed by atoms with Crippen molar-refractivity contribution in [3.05, 3.63) is 22.7 Å². The average Bonchev–Trinajstić information content (AvgIpc) is 3.06. The Kier molecular flexibility index (Phi) is 3.82. The average molecular weight is 284 g/mol. The summed E-state index contributed by atoms with van der Waals surface area (Å²) in [5.74, 6) is 1.38. The molecule has 0 aliphatic carbocycles. The fourth-order valence-corrected chi connectivity index (χ4v) is 2.82. The van der Waals surface area contributed by atoms with Crippen molar-refractivity contribution in [1.82, 2.24) is 5.32 Å². The molecule has 1 saturated heterocycles. The summed E-state index contributed by atoms with van der Waals surface area (Å²) in [7, 11) is 0. The van der Waals surface area contributed by atoms with Gasteiger partial charge in [-0.2, -0.15) is 0 Å². The maximum atomic E-state index is 6.16. The Morgan fingerprint density at radius 1 is 1.42 bits per heavy atom. The molecular formula is C14H18ClNO3. The van der Waals surface area contributed by atoms with Crippen LogP contribution in [0.25, 0.3) is 0 Å². The first-order valence-corrected chi connectivity index (χ1v) is 7.05. The molecule has 1 fully saturated rings. The Morgan fingerprint density at radius 2 is 2.32 bits per heavy atom. The Balaban J connectivity index is 1.62. The van der Waals surface area contributed by atoms with E-state index in [0.29, 0.717) is 22.9 Å². The first-order valence-electron chi connectivity index (χ1n) is 6.67. The number of fused-ring (bicyclic) bond motifs is 1. The predicted octanol–water partition coefficient (Wildman–Crippen LogP) is 2.73. The van der Waals surface area contributed by atoms with Gasteiger partial charge in [0, 0.05) is 19.2 Å². The molecule has 2 unspecified atom stereocenters. The Morgan fingerprint density at radius 3 is 3.11 bits per heavy atom. The van der Waals surface area contributed by atoms with Gasteiger partial charge in [0.1, 0.15) is 0 Å². The standard InChI is InChI=1S/C14H18ClNO3/c1-9(12-3-2-4-17-12)16-7-10-5-11(15)14-13(6-10)18-8-19-14/h5-6,9,12,16H,2-4,7-8H2,1H3. The molecule has 0 saturated carbocycles. The van der Waals surface area contributed by atoms with Crippen LogP contribution in [-0.4, -0.2) is 25.5 Å². The van der Waals surface area contributed by atoms with Crippen molar-refractivity contribution in [1.29, 1.82) is 0 Å². The van der Waals surface area contributed by atoms with E-state index in [1.165, 1.54) is 0 Å². The number of benzene rings is 1. The van der Waals surface area contributed by atoms with Crippen LogP contribution in [-0.2, 0) is 11.3 Å². The van der Waals surface area contributed by atoms with E-state index < -0.39 is 0 Å². The zero-order chi connectivity index (χ0) is 13.2. The molecule has 1 aromatic carbocycles. The number of rotatable bonds is 4. The van der Waals surface area contributed by atoms with Crippen LogP contribution in [0.2, 0.25) is 5.02 Å². The van der Waals surface area contributed by atoms with Gasteiger partial charge in [-0.15, -0.1) is 0 Å². The van der Waals surface area contributed by atoms with Crippen molar-refractivity contribution in [2.45, 2.75) is 38.5 Å². The molecule has 4 nitrogen and oxygen atoms in total. The molecule has 0 bridgehead atoms. The fraction of sp³-hybridized carbons (Fsp3) is 0.571. The van der Waals surface area contributed by atoms with Gasteiger partial charge in [-0.25, -0.2) is 0 Å². The van der Waals surface area contributed by atoms with E-state index >= 15 is 0 Å². The van der Waals surface area contributed by atoms with Gasteiger partial charge in [0.15, 0.2) is 11.5 Å². The summed E-state index contributed by atoms with van der Waals surface area (Å²) < 4.78 is 16.3. The van der Waals surface area contributed by atoms with Gasteiger partial charge in [0.05, 0.1) is 11.1 Å². The summed E-state index contributed by atoms with van der Waals surface area (Å²) >= 11 is 6.16. The van der Waals surface area contributed by atoms with Crippen molar-refractivity contribution in [2.75, 3.05) is 13.4 Å². The third-order valence-corrected chi connectivity index (χ3v) is 3.92. The number of nitrogens with one attached hydrogen (secondary N) is 1. The summed E-state index contributed by atoms with van der Waals surface area (Å²) in [6, 6.07) is 4.24. The first kappa shape index (κ1) is 13.0. The zero-order valence-electron chi connectivity index (χ0n) is 10.9. The minimum atomic E-state index is 0.248. The van der Waals surface area contributed by atoms with E-state index in [4.69, 9.17) is 25.8 Å². The van der Waals surface area contributed by atoms with Crippen LogP contribution in [0.1, 0.15) is 25.3 Å². The molecule has 0 radical (unpaired) electrons. The van der Waals surface area contributed by atoms with Crippen molar-refractivity contribution in [3.63, 3.8) is 0 Å². The topological polar surface area (TPSA) is 39.7 Å². The molecule has 19 heavy (non-hydrogen) atoms. The highest BCUT2D eigenvalue weighted by Crippen LogP contribution is 2.39. The maximum Gasteiger partial charge on any atom is 0.231 e. The Hall–Kier alpha value is -0.970. The lowest BCUT2D eigenvalue weighted by molar-refractivity contribution is 0.0832. The van der Waals surface area contributed by atoms with Gasteiger partial charge >= 0.3 is 0 Å². The van der Waals surface area contributed by atoms with E-state index in [2.05, 4.69) is 12.2 Å². The molecule has 5 heteroatoms. The van der Waals surface area contributed by atoms with Crippen LogP contribution >= 0.6 is 11.6 Å². The molecule has 2 atom stereocenters. The van der Waals surface area contributed by atoms with Crippen LogP contribution in [0.5, 0.6) is 11.5 Å². The second-order valence-electron chi connectivity index (χ2n) is 5.03. The number of halogens is 1. The molecule has 3 rings (SSSR count). The lowest BCUT2D eigenvalue weighted by Crippen LogP contribution is -2.36. The summed E-state index contributed by atoms with van der Waals surface area (Å²) in [5.41, 5.74) is 1.10. The summed E-state index contributed by atoms with van der Waals surface area (Å²) in [6.07, 6.45) is 2.62. The first-order chi connectivity index (χ1) is 9.24. The van der Waals surface area contributed by atoms with E-state index in [9.17, 15) is 0 Å². The lowest BCUT2D eigenvalue weighted by atomic mass is 10.1. The third-order valence-electron chi connectivity index (χ3n) is 3.64. The van der Waals surface area contributed by atoms with Gasteiger partial charge in [-0.3, -0.25) is 0 Å². The highest BCUT2D eigenvalue weighted by atomic mass is 35.5. The van der Waals surface area contributed by atoms with E-state index in [-0.39, 0.29) is 6.79 Å². The van der Waals surface area contributed by atoms with Crippen molar-refractivity contribution < 1.29 is 14.2 Å². The monoisotopic (exact) mass is 283 g/mol. The van der Waals surface area contributed by atoms with Crippen LogP contribution in [0, 0.1) is 0 Å². The van der Waals surface area contributed by atoms with Crippen LogP contribution in [0.4, 0.5) is 0 Å². The van der Waals surface area contributed by atoms with E-state index in [1.54, 1.807) is 0 Å². The second kappa shape index (κ2) is 5.57. The zero-order valence-corrected chi connectivity index (χ0v) is 11.7.